The molecule has 11 nitrogen and oxygen atoms in total. The maximum atomic E-state index is 13.8. The number of nitrogens with two attached hydrogens (primary N) is 1. The van der Waals surface area contributed by atoms with Gasteiger partial charge < -0.3 is 34.8 Å². The minimum absolute atomic E-state index is 0.136. The van der Waals surface area contributed by atoms with Gasteiger partial charge in [0, 0.05) is 115 Å². The fourth-order valence-corrected chi connectivity index (χ4v) is 22.1. The van der Waals surface area contributed by atoms with Crippen molar-refractivity contribution < 1.29 is 24.0 Å². The van der Waals surface area contributed by atoms with Crippen molar-refractivity contribution in [1.82, 2.24) is 24.3 Å². The van der Waals surface area contributed by atoms with Gasteiger partial charge in [-0.1, -0.05) is 59.7 Å². The van der Waals surface area contributed by atoms with E-state index in [-0.39, 0.29) is 23.1 Å². The van der Waals surface area contributed by atoms with Crippen molar-refractivity contribution in [2.24, 2.45) is 63.9 Å². The molecule has 4 heterocycles. The number of rotatable bonds is 22. The maximum Gasteiger partial charge on any atom is 0.165 e. The molecule has 8 saturated carbocycles. The number of ketones is 4. The van der Waals surface area contributed by atoms with Crippen LogP contribution in [0.3, 0.4) is 0 Å². The number of nitrogens with one attached hydrogen (secondary N) is 1. The summed E-state index contributed by atoms with van der Waals surface area (Å²) in [5.74, 6) is 7.95. The molecule has 93 heavy (non-hydrogen) atoms. The minimum atomic E-state index is 0.136. The Hall–Kier alpha value is -5.33. The topological polar surface area (TPSA) is 140 Å². The number of aromatic nitrogens is 2. The first kappa shape index (κ1) is 67.6. The van der Waals surface area contributed by atoms with Crippen LogP contribution in [-0.2, 0) is 14.4 Å². The smallest absolute Gasteiger partial charge is 0.165 e. The average Bonchev–Trinajstić information content (AvgIpc) is 1.77. The normalized spacial score (nSPS) is 28.7. The molecule has 12 aliphatic rings. The number of aldehydes is 1. The van der Waals surface area contributed by atoms with Crippen molar-refractivity contribution >= 4 is 51.2 Å². The molecule has 2 aromatic carbocycles. The van der Waals surface area contributed by atoms with E-state index in [2.05, 4.69) is 100 Å². The Morgan fingerprint density at radius 1 is 0.559 bits per heavy atom. The van der Waals surface area contributed by atoms with Crippen molar-refractivity contribution in [3.63, 3.8) is 0 Å². The summed E-state index contributed by atoms with van der Waals surface area (Å²) in [6.45, 7) is 26.5. The Bertz CT molecular complexity index is 3480. The Labute approximate surface area is 557 Å². The molecule has 8 bridgehead atoms. The van der Waals surface area contributed by atoms with Gasteiger partial charge in [0.25, 0.3) is 0 Å². The highest BCUT2D eigenvalue weighted by Gasteiger charge is 2.52. The molecule has 3 N–H and O–H groups in total. The second-order valence-electron chi connectivity index (χ2n) is 32.4. The van der Waals surface area contributed by atoms with Crippen molar-refractivity contribution in [3.8, 4) is 0 Å². The van der Waals surface area contributed by atoms with Crippen molar-refractivity contribution in [2.75, 3.05) is 58.9 Å². The fourth-order valence-electron chi connectivity index (χ4n) is 22.1. The zero-order chi connectivity index (χ0) is 65.3. The van der Waals surface area contributed by atoms with Crippen LogP contribution in [0.4, 0.5) is 0 Å². The standard InChI is InChI=1S/C41H57N3O2.C29H39N3O2.C12H18O/c1-27-19-28(2)35(39(46)20-27)9-10-38(45)40-30(4)44(37-8-6-5-7-36(37)40)29(3)34-11-16-43(17-12-34)18-15-42-14-13-41-24-31-21-32(25-41)23-33(22-31)26-41;1-19-17-20(2)24(28(34)18-19)9-10-27(33)29-22(4)32(26-8-6-5-7-25(26)29)21(3)23-11-14-31(15-12-23)16-13-30;13-2-1-12-6-9-3-10(7-12)5-11(4-9)8-12/h5-8,19,29,31-34,42H,9-18,20-26H2,1-4H3;5-8,17,21,23H,9-16,18,30H2,1-4H3;2,9-11H,1,3-8H2/t29-,31?,32?,33?,41?;21-;/m00./s1. The zero-order valence-electron chi connectivity index (χ0n) is 58.4. The van der Waals surface area contributed by atoms with Gasteiger partial charge in [-0.25, -0.2) is 0 Å². The SMILES string of the molecule is CC1=CC(C)=C(CCC(=O)c2c(C)n([C@@H](C)C3CCN(CCN)CC3)c3ccccc23)C(=O)C1.CC1=CC(C)=C(CCC(=O)c2c(C)n([C@@H](C)C3CCN(CCNCCC45CC6CC(CC(C6)C4)C5)CC3)c3ccccc23)C(=O)C1.O=CCC12CC3CC(CC(C3)C1)C2. The van der Waals surface area contributed by atoms with Gasteiger partial charge in [-0.05, 0) is 303 Å². The second-order valence-corrected chi connectivity index (χ2v) is 32.4. The van der Waals surface area contributed by atoms with E-state index in [1.807, 2.05) is 39.8 Å². The van der Waals surface area contributed by atoms with E-state index in [0.717, 1.165) is 173 Å². The van der Waals surface area contributed by atoms with Gasteiger partial charge in [-0.2, -0.15) is 0 Å². The molecule has 10 aliphatic carbocycles. The van der Waals surface area contributed by atoms with E-state index in [1.54, 1.807) is 19.3 Å². The lowest BCUT2D eigenvalue weighted by atomic mass is 9.49. The van der Waals surface area contributed by atoms with Crippen LogP contribution in [0, 0.1) is 72.0 Å². The lowest BCUT2D eigenvalue weighted by Gasteiger charge is -2.57. The fraction of sp³-hybridized carbons (Fsp3) is 0.646. The third kappa shape index (κ3) is 14.8. The van der Waals surface area contributed by atoms with Crippen LogP contribution in [0.2, 0.25) is 0 Å². The quantitative estimate of drug-likeness (QED) is 0.0447. The van der Waals surface area contributed by atoms with Crippen LogP contribution in [0.25, 0.3) is 21.8 Å². The lowest BCUT2D eigenvalue weighted by molar-refractivity contribution is -0.116. The molecule has 4 aromatic rings. The number of likely N-dealkylation sites (tertiary alicyclic amines) is 2. The molecular formula is C82H114N6O5. The van der Waals surface area contributed by atoms with Gasteiger partial charge in [0.15, 0.2) is 23.1 Å². The number of Topliss-reactive ketones (excluding diaryl/α,β-unsaturated/α-hetero) is 4. The Kier molecular flexibility index (Phi) is 21.2. The molecule has 502 valence electrons. The summed E-state index contributed by atoms with van der Waals surface area (Å²) in [7, 11) is 0. The number of carbonyl (C=O) groups excluding carboxylic acids is 5. The van der Waals surface area contributed by atoms with E-state index in [1.165, 1.54) is 95.4 Å². The number of para-hydroxylation sites is 2. The summed E-state index contributed by atoms with van der Waals surface area (Å²) in [5.41, 5.74) is 18.9. The molecule has 0 amide bonds. The number of piperidine rings is 2. The molecule has 11 heteroatoms. The van der Waals surface area contributed by atoms with Crippen molar-refractivity contribution in [2.45, 2.75) is 222 Å². The summed E-state index contributed by atoms with van der Waals surface area (Å²) < 4.78 is 4.85. The van der Waals surface area contributed by atoms with Crippen LogP contribution in [0.1, 0.15) is 240 Å². The summed E-state index contributed by atoms with van der Waals surface area (Å²) in [6.07, 6.45) is 32.8. The number of carbonyl (C=O) groups is 5. The molecule has 0 unspecified atom stereocenters. The summed E-state index contributed by atoms with van der Waals surface area (Å²) in [6, 6.07) is 17.4. The molecule has 0 spiro atoms. The van der Waals surface area contributed by atoms with Crippen LogP contribution in [0.15, 0.2) is 94.1 Å². The van der Waals surface area contributed by atoms with Gasteiger partial charge >= 0.3 is 0 Å². The second kappa shape index (κ2) is 29.2. The molecule has 0 radical (unpaired) electrons. The maximum absolute atomic E-state index is 13.8. The predicted octanol–water partition coefficient (Wildman–Crippen LogP) is 16.8. The number of hydrogen-bond acceptors (Lipinski definition) is 9. The number of allylic oxidation sites excluding steroid dienone is 8. The van der Waals surface area contributed by atoms with Crippen LogP contribution < -0.4 is 11.1 Å². The van der Waals surface area contributed by atoms with E-state index in [9.17, 15) is 24.0 Å². The number of fused-ring (bicyclic) bond motifs is 2. The van der Waals surface area contributed by atoms with Gasteiger partial charge in [0.2, 0.25) is 0 Å². The van der Waals surface area contributed by atoms with Gasteiger partial charge in [0.05, 0.1) is 0 Å². The minimum Gasteiger partial charge on any atom is -0.341 e. The first-order valence-corrected chi connectivity index (χ1v) is 37.2. The van der Waals surface area contributed by atoms with E-state index >= 15 is 0 Å². The number of nitrogens with zero attached hydrogens (tertiary/aromatic N) is 4. The zero-order valence-corrected chi connectivity index (χ0v) is 58.4. The third-order valence-electron chi connectivity index (χ3n) is 25.7. The molecular weight excluding hydrogens is 1150 g/mol. The summed E-state index contributed by atoms with van der Waals surface area (Å²) in [4.78, 5) is 68.4. The van der Waals surface area contributed by atoms with Crippen LogP contribution in [-0.4, -0.2) is 107 Å². The summed E-state index contributed by atoms with van der Waals surface area (Å²) in [5, 5.41) is 5.94. The molecule has 16 rings (SSSR count). The molecule has 2 aliphatic heterocycles. The van der Waals surface area contributed by atoms with Crippen molar-refractivity contribution in [1.29, 1.82) is 0 Å². The van der Waals surface area contributed by atoms with Gasteiger partial charge in [-0.15, -0.1) is 0 Å². The predicted molar refractivity (Wildman–Crippen MR) is 379 cm³/mol. The highest BCUT2D eigenvalue weighted by molar-refractivity contribution is 6.11. The highest BCUT2D eigenvalue weighted by Crippen LogP contribution is 2.62. The Balaban J connectivity index is 0.000000154. The van der Waals surface area contributed by atoms with Gasteiger partial charge in [0.1, 0.15) is 6.29 Å². The Morgan fingerprint density at radius 3 is 1.33 bits per heavy atom. The lowest BCUT2D eigenvalue weighted by Crippen LogP contribution is -2.47. The first-order chi connectivity index (χ1) is 44.8. The van der Waals surface area contributed by atoms with Crippen molar-refractivity contribution in [3.05, 3.63) is 117 Å². The van der Waals surface area contributed by atoms with E-state index in [4.69, 9.17) is 5.73 Å². The Morgan fingerprint density at radius 2 is 0.946 bits per heavy atom. The number of benzene rings is 2. The average molecular weight is 1260 g/mol. The van der Waals surface area contributed by atoms with Gasteiger partial charge in [-0.3, -0.25) is 19.2 Å². The summed E-state index contributed by atoms with van der Waals surface area (Å²) >= 11 is 0. The monoisotopic (exact) mass is 1260 g/mol. The number of hydrogen-bond donors (Lipinski definition) is 2. The van der Waals surface area contributed by atoms with Crippen LogP contribution in [0.5, 0.6) is 0 Å². The highest BCUT2D eigenvalue weighted by atomic mass is 16.1. The molecule has 10 fully saturated rings. The molecule has 2 atom stereocenters. The molecule has 2 saturated heterocycles. The van der Waals surface area contributed by atoms with E-state index in [0.29, 0.717) is 79.8 Å². The van der Waals surface area contributed by atoms with Crippen LogP contribution >= 0.6 is 0 Å². The molecule has 2 aromatic heterocycles. The largest absolute Gasteiger partial charge is 0.341 e. The first-order valence-electron chi connectivity index (χ1n) is 37.2. The third-order valence-corrected chi connectivity index (χ3v) is 25.7. The van der Waals surface area contributed by atoms with E-state index < -0.39 is 0 Å².